The smallest absolute Gasteiger partial charge is 0.377 e. The van der Waals surface area contributed by atoms with Gasteiger partial charge in [0.15, 0.2) is 0 Å². The van der Waals surface area contributed by atoms with Crippen molar-refractivity contribution in [1.82, 2.24) is 0 Å². The van der Waals surface area contributed by atoms with Crippen LogP contribution in [-0.4, -0.2) is 18.5 Å². The maximum absolute atomic E-state index is 13.7. The molecular formula is C13H15BrF3NO2. The van der Waals surface area contributed by atoms with E-state index in [1.54, 1.807) is 0 Å². The average Bonchev–Trinajstić information content (AvgIpc) is 2.31. The summed E-state index contributed by atoms with van der Waals surface area (Å²) < 4.78 is 46.0. The molecule has 0 fully saturated rings. The van der Waals surface area contributed by atoms with Crippen LogP contribution in [0.4, 0.5) is 13.2 Å². The van der Waals surface area contributed by atoms with Gasteiger partial charge in [-0.1, -0.05) is 15.9 Å². The zero-order chi connectivity index (χ0) is 15.6. The van der Waals surface area contributed by atoms with Crippen molar-refractivity contribution in [2.75, 3.05) is 6.61 Å². The number of ether oxygens (including phenoxy) is 1. The van der Waals surface area contributed by atoms with Gasteiger partial charge >= 0.3 is 11.9 Å². The zero-order valence-electron chi connectivity index (χ0n) is 11.1. The van der Waals surface area contributed by atoms with E-state index < -0.39 is 29.7 Å². The molecule has 1 rings (SSSR count). The third-order valence-corrected chi connectivity index (χ3v) is 3.20. The van der Waals surface area contributed by atoms with Gasteiger partial charge in [-0.3, -0.25) is 0 Å². The van der Waals surface area contributed by atoms with Crippen molar-refractivity contribution in [1.29, 1.82) is 0 Å². The van der Waals surface area contributed by atoms with Crippen LogP contribution in [0.15, 0.2) is 22.7 Å². The number of hydrogen-bond donors (Lipinski definition) is 1. The van der Waals surface area contributed by atoms with E-state index in [0.29, 0.717) is 4.47 Å². The van der Waals surface area contributed by atoms with E-state index in [0.717, 1.165) is 6.07 Å². The summed E-state index contributed by atoms with van der Waals surface area (Å²) in [6, 6.07) is 3.86. The van der Waals surface area contributed by atoms with Gasteiger partial charge in [0.05, 0.1) is 6.61 Å². The Morgan fingerprint density at radius 2 is 2.05 bits per heavy atom. The van der Waals surface area contributed by atoms with Crippen molar-refractivity contribution in [3.63, 3.8) is 0 Å². The Bertz CT molecular complexity index is 506. The third-order valence-electron chi connectivity index (χ3n) is 2.71. The molecule has 0 spiro atoms. The van der Waals surface area contributed by atoms with E-state index >= 15 is 0 Å². The number of carbonyl (C=O) groups is 1. The van der Waals surface area contributed by atoms with Gasteiger partial charge in [0.25, 0.3) is 0 Å². The van der Waals surface area contributed by atoms with Crippen molar-refractivity contribution >= 4 is 21.9 Å². The molecule has 0 aromatic heterocycles. The summed E-state index contributed by atoms with van der Waals surface area (Å²) in [6.07, 6.45) is -1.05. The minimum absolute atomic E-state index is 0.101. The Kier molecular flexibility index (Phi) is 5.21. The highest BCUT2D eigenvalue weighted by Gasteiger charge is 2.46. The van der Waals surface area contributed by atoms with Gasteiger partial charge in [-0.15, -0.1) is 0 Å². The first kappa shape index (κ1) is 17.0. The van der Waals surface area contributed by atoms with Gasteiger partial charge in [0.2, 0.25) is 0 Å². The largest absolute Gasteiger partial charge is 0.462 e. The fraction of sp³-hybridized carbons (Fsp3) is 0.462. The van der Waals surface area contributed by atoms with Crippen molar-refractivity contribution in [2.45, 2.75) is 31.7 Å². The van der Waals surface area contributed by atoms with Crippen molar-refractivity contribution in [2.24, 2.45) is 5.73 Å². The highest BCUT2D eigenvalue weighted by molar-refractivity contribution is 9.10. The number of hydrogen-bond acceptors (Lipinski definition) is 3. The second-order valence-corrected chi connectivity index (χ2v) is 5.56. The highest BCUT2D eigenvalue weighted by Crippen LogP contribution is 2.34. The van der Waals surface area contributed by atoms with E-state index in [-0.39, 0.29) is 12.2 Å². The first-order chi connectivity index (χ1) is 9.10. The van der Waals surface area contributed by atoms with E-state index in [4.69, 9.17) is 5.73 Å². The van der Waals surface area contributed by atoms with Crippen LogP contribution in [0.25, 0.3) is 0 Å². The van der Waals surface area contributed by atoms with Crippen LogP contribution in [0.2, 0.25) is 0 Å². The Labute approximate surface area is 123 Å². The molecule has 2 N–H and O–H groups in total. The summed E-state index contributed by atoms with van der Waals surface area (Å²) in [5.74, 6) is -6.15. The van der Waals surface area contributed by atoms with E-state index in [1.165, 1.54) is 26.0 Å². The number of esters is 1. The molecule has 0 saturated heterocycles. The second-order valence-electron chi connectivity index (χ2n) is 4.64. The van der Waals surface area contributed by atoms with Crippen LogP contribution in [0, 0.1) is 5.82 Å². The van der Waals surface area contributed by atoms with Crippen LogP contribution >= 0.6 is 15.9 Å². The quantitative estimate of drug-likeness (QED) is 0.825. The molecule has 0 aliphatic heterocycles. The molecule has 1 atom stereocenters. The van der Waals surface area contributed by atoms with Crippen molar-refractivity contribution < 1.29 is 22.7 Å². The number of nitrogens with two attached hydrogens (primary N) is 1. The lowest BCUT2D eigenvalue weighted by molar-refractivity contribution is -0.174. The summed E-state index contributed by atoms with van der Waals surface area (Å²) in [7, 11) is 0. The minimum atomic E-state index is -3.78. The minimum Gasteiger partial charge on any atom is -0.462 e. The van der Waals surface area contributed by atoms with Gasteiger partial charge in [0.1, 0.15) is 5.82 Å². The lowest BCUT2D eigenvalue weighted by Gasteiger charge is -2.29. The summed E-state index contributed by atoms with van der Waals surface area (Å²) in [5, 5.41) is 0. The number of carbonyl (C=O) groups excluding carboxylic acids is 1. The first-order valence-corrected chi connectivity index (χ1v) is 6.69. The maximum Gasteiger partial charge on any atom is 0.377 e. The second kappa shape index (κ2) is 6.13. The Balaban J connectivity index is 3.05. The van der Waals surface area contributed by atoms with Crippen molar-refractivity contribution in [3.05, 3.63) is 34.1 Å². The zero-order valence-corrected chi connectivity index (χ0v) is 12.6. The highest BCUT2D eigenvalue weighted by atomic mass is 79.9. The Morgan fingerprint density at radius 3 is 2.60 bits per heavy atom. The van der Waals surface area contributed by atoms with Crippen LogP contribution in [0.3, 0.4) is 0 Å². The molecule has 7 heteroatoms. The van der Waals surface area contributed by atoms with Crippen LogP contribution in [0.1, 0.15) is 25.8 Å². The Morgan fingerprint density at radius 1 is 1.45 bits per heavy atom. The summed E-state index contributed by atoms with van der Waals surface area (Å²) in [6.45, 7) is 2.50. The predicted octanol–water partition coefficient (Wildman–Crippen LogP) is 3.35. The van der Waals surface area contributed by atoms with Gasteiger partial charge in [-0.05, 0) is 32.0 Å². The molecule has 0 bridgehead atoms. The average molecular weight is 354 g/mol. The molecule has 0 radical (unpaired) electrons. The summed E-state index contributed by atoms with van der Waals surface area (Å²) in [4.78, 5) is 11.2. The molecule has 0 heterocycles. The summed E-state index contributed by atoms with van der Waals surface area (Å²) in [5.41, 5.74) is 3.96. The molecule has 112 valence electrons. The molecule has 0 aliphatic rings. The number of alkyl halides is 2. The fourth-order valence-corrected chi connectivity index (χ4v) is 2.16. The van der Waals surface area contributed by atoms with E-state index in [2.05, 4.69) is 20.7 Å². The normalized spacial score (nSPS) is 14.8. The molecule has 0 unspecified atom stereocenters. The van der Waals surface area contributed by atoms with Crippen LogP contribution in [0.5, 0.6) is 0 Å². The molecule has 1 aromatic carbocycles. The van der Waals surface area contributed by atoms with Gasteiger partial charge in [-0.25, -0.2) is 9.18 Å². The molecule has 1 aromatic rings. The molecule has 0 saturated carbocycles. The standard InChI is InChI=1S/C13H15BrF3NO2/c1-3-20-11(19)13(16,17)7-12(2,18)9-6-8(14)4-5-10(9)15/h4-6H,3,7,18H2,1-2H3/t12-/m1/s1. The van der Waals surface area contributed by atoms with Gasteiger partial charge in [0, 0.05) is 22.0 Å². The number of halogens is 4. The summed E-state index contributed by atoms with van der Waals surface area (Å²) >= 11 is 3.12. The van der Waals surface area contributed by atoms with Crippen molar-refractivity contribution in [3.8, 4) is 0 Å². The first-order valence-electron chi connectivity index (χ1n) is 5.89. The molecule has 3 nitrogen and oxygen atoms in total. The predicted molar refractivity (Wildman–Crippen MR) is 71.8 cm³/mol. The number of rotatable bonds is 5. The van der Waals surface area contributed by atoms with Gasteiger partial charge < -0.3 is 10.5 Å². The Hall–Kier alpha value is -1.08. The third kappa shape index (κ3) is 3.96. The molecular weight excluding hydrogens is 339 g/mol. The van der Waals surface area contributed by atoms with Gasteiger partial charge in [-0.2, -0.15) is 8.78 Å². The molecule has 20 heavy (non-hydrogen) atoms. The fourth-order valence-electron chi connectivity index (χ4n) is 1.80. The molecule has 0 amide bonds. The topological polar surface area (TPSA) is 52.3 Å². The monoisotopic (exact) mass is 353 g/mol. The molecule has 0 aliphatic carbocycles. The SMILES string of the molecule is CCOC(=O)C(F)(F)C[C@@](C)(N)c1cc(Br)ccc1F. The van der Waals surface area contributed by atoms with Crippen LogP contribution in [-0.2, 0) is 15.1 Å². The van der Waals surface area contributed by atoms with E-state index in [9.17, 15) is 18.0 Å². The lowest BCUT2D eigenvalue weighted by atomic mass is 9.86. The van der Waals surface area contributed by atoms with Crippen LogP contribution < -0.4 is 5.73 Å². The maximum atomic E-state index is 13.7. The lowest BCUT2D eigenvalue weighted by Crippen LogP contribution is -2.44. The number of benzene rings is 1. The van der Waals surface area contributed by atoms with E-state index in [1.807, 2.05) is 0 Å².